The number of likely N-dealkylation sites (tertiary alicyclic amines) is 1. The highest BCUT2D eigenvalue weighted by Gasteiger charge is 2.27. The third kappa shape index (κ3) is 7.42. The molecular weight excluding hydrogens is 482 g/mol. The summed E-state index contributed by atoms with van der Waals surface area (Å²) in [5.74, 6) is 0.726. The predicted molar refractivity (Wildman–Crippen MR) is 152 cm³/mol. The van der Waals surface area contributed by atoms with E-state index in [4.69, 9.17) is 22.1 Å². The smallest absolute Gasteiger partial charge is 0.222 e. The average Bonchev–Trinajstić information content (AvgIpc) is 3.34. The lowest BCUT2D eigenvalue weighted by molar-refractivity contribution is -0.121. The number of carbonyl (C=O) groups excluding carboxylic acids is 1. The lowest BCUT2D eigenvalue weighted by Gasteiger charge is -2.22. The molecule has 0 bridgehead atoms. The van der Waals surface area contributed by atoms with Gasteiger partial charge < -0.3 is 20.3 Å². The lowest BCUT2D eigenvalue weighted by Crippen LogP contribution is -2.27. The number of primary amides is 1. The van der Waals surface area contributed by atoms with E-state index in [2.05, 4.69) is 40.1 Å². The van der Waals surface area contributed by atoms with Gasteiger partial charge in [-0.25, -0.2) is 0 Å². The summed E-state index contributed by atoms with van der Waals surface area (Å²) in [7, 11) is 0. The van der Waals surface area contributed by atoms with Gasteiger partial charge in [0.05, 0.1) is 17.0 Å². The van der Waals surface area contributed by atoms with Crippen molar-refractivity contribution in [3.63, 3.8) is 0 Å². The van der Waals surface area contributed by atoms with Gasteiger partial charge in [-0.3, -0.25) is 4.79 Å². The Balaban J connectivity index is 0.000000152. The maximum absolute atomic E-state index is 11.2. The summed E-state index contributed by atoms with van der Waals surface area (Å²) in [4.78, 5) is 16.1. The highest BCUT2D eigenvalue weighted by atomic mass is 35.5. The minimum atomic E-state index is -0.157. The lowest BCUT2D eigenvalue weighted by atomic mass is 9.91. The number of aryl methyl sites for hydroxylation is 3. The van der Waals surface area contributed by atoms with Gasteiger partial charge in [0, 0.05) is 18.8 Å². The molecule has 2 N–H and O–H groups in total. The van der Waals surface area contributed by atoms with Crippen LogP contribution in [-0.4, -0.2) is 49.6 Å². The number of amides is 1. The van der Waals surface area contributed by atoms with Crippen LogP contribution in [0.5, 0.6) is 5.75 Å². The molecule has 1 amide bonds. The van der Waals surface area contributed by atoms with Crippen molar-refractivity contribution < 1.29 is 9.53 Å². The summed E-state index contributed by atoms with van der Waals surface area (Å²) in [5.41, 5.74) is 11.0. The van der Waals surface area contributed by atoms with E-state index in [0.29, 0.717) is 6.10 Å². The number of nitrogens with two attached hydrogens (primary N) is 1. The zero-order chi connectivity index (χ0) is 25.6. The number of ether oxygens (including phenoxy) is 1. The first-order valence-corrected chi connectivity index (χ1v) is 14.8. The summed E-state index contributed by atoms with van der Waals surface area (Å²) < 4.78 is 5.76. The van der Waals surface area contributed by atoms with Gasteiger partial charge in [-0.15, -0.1) is 0 Å². The van der Waals surface area contributed by atoms with Crippen molar-refractivity contribution in [2.45, 2.75) is 76.7 Å². The first-order chi connectivity index (χ1) is 18.0. The van der Waals surface area contributed by atoms with Gasteiger partial charge in [-0.1, -0.05) is 23.7 Å². The average molecular weight is 524 g/mol. The van der Waals surface area contributed by atoms with Gasteiger partial charge in [0.1, 0.15) is 5.75 Å². The topological polar surface area (TPSA) is 58.8 Å². The molecule has 2 aliphatic heterocycles. The van der Waals surface area contributed by atoms with Crippen molar-refractivity contribution in [3.05, 3.63) is 58.1 Å². The molecule has 2 aromatic carbocycles. The molecule has 200 valence electrons. The minimum Gasteiger partial charge on any atom is -0.489 e. The quantitative estimate of drug-likeness (QED) is 0.476. The van der Waals surface area contributed by atoms with Crippen LogP contribution < -0.4 is 15.4 Å². The molecule has 4 aliphatic rings. The van der Waals surface area contributed by atoms with Gasteiger partial charge in [0.15, 0.2) is 0 Å². The van der Waals surface area contributed by atoms with E-state index in [1.54, 1.807) is 0 Å². The predicted octanol–water partition coefficient (Wildman–Crippen LogP) is 5.79. The van der Waals surface area contributed by atoms with Crippen LogP contribution in [0.4, 0.5) is 5.69 Å². The van der Waals surface area contributed by atoms with E-state index in [1.807, 2.05) is 6.07 Å². The number of anilines is 1. The van der Waals surface area contributed by atoms with Crippen LogP contribution in [0.25, 0.3) is 0 Å². The zero-order valence-electron chi connectivity index (χ0n) is 22.1. The largest absolute Gasteiger partial charge is 0.489 e. The molecule has 2 heterocycles. The maximum Gasteiger partial charge on any atom is 0.222 e. The molecule has 1 unspecified atom stereocenters. The number of carbonyl (C=O) groups is 1. The molecule has 1 saturated carbocycles. The summed E-state index contributed by atoms with van der Waals surface area (Å²) in [6.45, 7) is 5.53. The summed E-state index contributed by atoms with van der Waals surface area (Å²) >= 11 is 6.27. The van der Waals surface area contributed by atoms with E-state index >= 15 is 0 Å². The van der Waals surface area contributed by atoms with Crippen molar-refractivity contribution in [2.24, 2.45) is 11.7 Å². The zero-order valence-corrected chi connectivity index (χ0v) is 22.9. The van der Waals surface area contributed by atoms with Gasteiger partial charge >= 0.3 is 0 Å². The molecule has 0 radical (unpaired) electrons. The Morgan fingerprint density at radius 2 is 1.73 bits per heavy atom. The Morgan fingerprint density at radius 1 is 0.946 bits per heavy atom. The Hall–Kier alpha value is -2.24. The highest BCUT2D eigenvalue weighted by Crippen LogP contribution is 2.33. The Labute approximate surface area is 227 Å². The van der Waals surface area contributed by atoms with Crippen molar-refractivity contribution in [1.82, 2.24) is 4.90 Å². The van der Waals surface area contributed by atoms with E-state index in [-0.39, 0.29) is 11.8 Å². The molecule has 0 aromatic heterocycles. The molecule has 0 spiro atoms. The van der Waals surface area contributed by atoms with Crippen molar-refractivity contribution in [1.29, 1.82) is 0 Å². The molecule has 2 saturated heterocycles. The molecule has 2 aliphatic carbocycles. The highest BCUT2D eigenvalue weighted by molar-refractivity contribution is 6.32. The maximum atomic E-state index is 11.2. The minimum absolute atomic E-state index is 0.0287. The van der Waals surface area contributed by atoms with Crippen LogP contribution in [0.1, 0.15) is 68.1 Å². The second-order valence-corrected chi connectivity index (χ2v) is 11.6. The third-order valence-corrected chi connectivity index (χ3v) is 8.54. The Kier molecular flexibility index (Phi) is 8.93. The fourth-order valence-electron chi connectivity index (χ4n) is 5.82. The van der Waals surface area contributed by atoms with Crippen LogP contribution in [-0.2, 0) is 24.1 Å². The number of benzene rings is 2. The summed E-state index contributed by atoms with van der Waals surface area (Å²) in [6.07, 6.45) is 13.8. The molecule has 2 aromatic rings. The number of nitrogens with zero attached hydrogens (tertiary/aromatic N) is 2. The number of halogens is 1. The molecule has 1 atom stereocenters. The Bertz CT molecular complexity index is 1060. The third-order valence-electron chi connectivity index (χ3n) is 8.24. The Morgan fingerprint density at radius 3 is 2.43 bits per heavy atom. The number of hydrogen-bond donors (Lipinski definition) is 1. The fraction of sp³-hybridized carbons (Fsp3) is 0.581. The second-order valence-electron chi connectivity index (χ2n) is 11.2. The van der Waals surface area contributed by atoms with Crippen LogP contribution in [0.3, 0.4) is 0 Å². The summed E-state index contributed by atoms with van der Waals surface area (Å²) in [5, 5.41) is 0.769. The second kappa shape index (κ2) is 12.5. The van der Waals surface area contributed by atoms with Gasteiger partial charge in [-0.05, 0) is 131 Å². The normalized spacial score (nSPS) is 21.3. The molecule has 6 rings (SSSR count). The van der Waals surface area contributed by atoms with Gasteiger partial charge in [0.25, 0.3) is 0 Å². The van der Waals surface area contributed by atoms with Crippen molar-refractivity contribution >= 4 is 23.2 Å². The SMILES string of the molecule is Clc1cc(CCCN2CCCC2)ccc1OC1CC1.NC(=O)C1CCN(c2ccc3c(c2)CCCC3)C1. The van der Waals surface area contributed by atoms with Crippen LogP contribution in [0.15, 0.2) is 36.4 Å². The molecular formula is C31H42ClN3O2. The first-order valence-electron chi connectivity index (χ1n) is 14.4. The standard InChI is InChI=1S/C16H22ClNO.C15H20N2O/c17-15-12-13(4-3-11-18-9-1-2-10-18)5-8-16(15)19-14-6-7-14;16-15(18)13-7-8-17(10-13)14-6-5-11-3-1-2-4-12(11)9-14/h5,8,12,14H,1-4,6-7,9-11H2;5-6,9,13H,1-4,7-8,10H2,(H2,16,18). The number of hydrogen-bond acceptors (Lipinski definition) is 4. The number of fused-ring (bicyclic) bond motifs is 1. The molecule has 37 heavy (non-hydrogen) atoms. The van der Waals surface area contributed by atoms with Crippen LogP contribution in [0.2, 0.25) is 5.02 Å². The van der Waals surface area contributed by atoms with Crippen LogP contribution >= 0.6 is 11.6 Å². The number of rotatable bonds is 8. The van der Waals surface area contributed by atoms with E-state index in [1.165, 1.54) is 99.8 Å². The summed E-state index contributed by atoms with van der Waals surface area (Å²) in [6, 6.07) is 13.1. The monoisotopic (exact) mass is 523 g/mol. The van der Waals surface area contributed by atoms with E-state index in [9.17, 15) is 4.79 Å². The first kappa shape index (κ1) is 26.4. The van der Waals surface area contributed by atoms with E-state index < -0.39 is 0 Å². The fourth-order valence-corrected chi connectivity index (χ4v) is 6.07. The van der Waals surface area contributed by atoms with Gasteiger partial charge in [-0.2, -0.15) is 0 Å². The molecule has 3 fully saturated rings. The van der Waals surface area contributed by atoms with Crippen molar-refractivity contribution in [3.8, 4) is 5.75 Å². The van der Waals surface area contributed by atoms with Crippen LogP contribution in [0, 0.1) is 5.92 Å². The van der Waals surface area contributed by atoms with Gasteiger partial charge in [0.2, 0.25) is 5.91 Å². The van der Waals surface area contributed by atoms with E-state index in [0.717, 1.165) is 36.7 Å². The molecule has 6 heteroatoms. The van der Waals surface area contributed by atoms with Crippen molar-refractivity contribution in [2.75, 3.05) is 37.6 Å². The molecule has 5 nitrogen and oxygen atoms in total.